The quantitative estimate of drug-likeness (QED) is 0.0743. The topological polar surface area (TPSA) is 260 Å². The van der Waals surface area contributed by atoms with Crippen molar-refractivity contribution in [2.45, 2.75) is 58.0 Å². The van der Waals surface area contributed by atoms with Crippen LogP contribution in [0.5, 0.6) is 5.75 Å². The second kappa shape index (κ2) is 16.5. The summed E-state index contributed by atoms with van der Waals surface area (Å²) in [6.45, 7) is 4.13. The van der Waals surface area contributed by atoms with Crippen LogP contribution in [-0.2, 0) is 22.4 Å². The van der Waals surface area contributed by atoms with Crippen molar-refractivity contribution >= 4 is 29.6 Å². The molecular formula is C29H44N10O3. The number of aromatic hydroxyl groups is 1. The Balaban J connectivity index is 2.24. The van der Waals surface area contributed by atoms with Gasteiger partial charge in [-0.2, -0.15) is 0 Å². The maximum Gasteiger partial charge on any atom is 0.223 e. The molecule has 0 aromatic heterocycles. The van der Waals surface area contributed by atoms with Crippen LogP contribution < -0.4 is 39.7 Å². The Morgan fingerprint density at radius 2 is 1.50 bits per heavy atom. The van der Waals surface area contributed by atoms with Gasteiger partial charge >= 0.3 is 0 Å². The molecule has 2 aromatic rings. The Labute approximate surface area is 246 Å². The van der Waals surface area contributed by atoms with Crippen LogP contribution >= 0.6 is 0 Å². The van der Waals surface area contributed by atoms with Crippen molar-refractivity contribution in [2.75, 3.05) is 13.1 Å². The summed E-state index contributed by atoms with van der Waals surface area (Å²) in [6.07, 6.45) is 1.40. The molecule has 13 nitrogen and oxygen atoms in total. The maximum atomic E-state index is 13.6. The molecule has 2 aromatic carbocycles. The first-order chi connectivity index (χ1) is 19.8. The van der Waals surface area contributed by atoms with Crippen molar-refractivity contribution < 1.29 is 14.7 Å². The number of guanidine groups is 3. The lowest BCUT2D eigenvalue weighted by Crippen LogP contribution is -2.40. The summed E-state index contributed by atoms with van der Waals surface area (Å²) >= 11 is 0. The van der Waals surface area contributed by atoms with Crippen LogP contribution in [0.15, 0.2) is 57.4 Å². The molecule has 13 heteroatoms. The molecule has 228 valence electrons. The van der Waals surface area contributed by atoms with E-state index in [-0.39, 0.29) is 54.7 Å². The number of phenols is 1. The number of aliphatic imine (C=N–C) groups is 3. The van der Waals surface area contributed by atoms with Gasteiger partial charge in [0.15, 0.2) is 23.7 Å². The van der Waals surface area contributed by atoms with E-state index in [1.165, 1.54) is 0 Å². The average Bonchev–Trinajstić information content (AvgIpc) is 2.90. The van der Waals surface area contributed by atoms with E-state index in [0.29, 0.717) is 25.8 Å². The Kier molecular flexibility index (Phi) is 13.1. The highest BCUT2D eigenvalue weighted by atomic mass is 16.3. The molecule has 0 unspecified atom stereocenters. The third kappa shape index (κ3) is 11.7. The third-order valence-corrected chi connectivity index (χ3v) is 6.74. The van der Waals surface area contributed by atoms with Crippen molar-refractivity contribution in [3.63, 3.8) is 0 Å². The summed E-state index contributed by atoms with van der Waals surface area (Å²) in [5, 5.41) is 12.8. The molecule has 0 aliphatic heterocycles. The highest BCUT2D eigenvalue weighted by Crippen LogP contribution is 2.24. The molecule has 14 N–H and O–H groups in total. The zero-order chi connectivity index (χ0) is 31.2. The Morgan fingerprint density at radius 3 is 2.07 bits per heavy atom. The zero-order valence-corrected chi connectivity index (χ0v) is 24.3. The summed E-state index contributed by atoms with van der Waals surface area (Å²) in [4.78, 5) is 39.5. The number of nitrogens with two attached hydrogens (primary N) is 6. The third-order valence-electron chi connectivity index (χ3n) is 6.74. The number of hydrogen-bond acceptors (Lipinski definition) is 6. The molecule has 42 heavy (non-hydrogen) atoms. The summed E-state index contributed by atoms with van der Waals surface area (Å²) in [6, 6.07) is 11.5. The fraction of sp³-hybridized carbons (Fsp3) is 0.414. The van der Waals surface area contributed by atoms with Crippen LogP contribution in [-0.4, -0.2) is 59.8 Å². The molecule has 0 saturated heterocycles. The molecule has 0 saturated carbocycles. The largest absolute Gasteiger partial charge is 0.508 e. The molecular weight excluding hydrogens is 536 g/mol. The van der Waals surface area contributed by atoms with E-state index in [1.807, 2.05) is 44.2 Å². The smallest absolute Gasteiger partial charge is 0.223 e. The fourth-order valence-corrected chi connectivity index (χ4v) is 4.77. The predicted octanol–water partition coefficient (Wildman–Crippen LogP) is -0.177. The number of phenolic OH excluding ortho intramolecular Hbond substituents is 1. The minimum Gasteiger partial charge on any atom is -0.508 e. The van der Waals surface area contributed by atoms with Gasteiger partial charge in [-0.15, -0.1) is 0 Å². The van der Waals surface area contributed by atoms with Crippen LogP contribution in [0.2, 0.25) is 0 Å². The van der Waals surface area contributed by atoms with Crippen molar-refractivity contribution in [2.24, 2.45) is 55.3 Å². The van der Waals surface area contributed by atoms with Crippen LogP contribution in [0.3, 0.4) is 0 Å². The standard InChI is InChI=1S/C29H44N10O3/c1-17-11-22(40)12-18(2)23(17)15-24(39-29(34)35)25(41)14-20(9-6-10-36-27(30)31)26(42)37-16-21(38-28(32)33)13-19-7-4-3-5-8-19/h3-5,7-8,11-12,20-21,24,40H,6,9-10,13-16H2,1-2H3,(H,37,42)(H4,30,31,36)(H4,32,33,38)(H4,34,35,39)/t20-,21-,24-/m0/s1. The lowest BCUT2D eigenvalue weighted by atomic mass is 9.89. The Morgan fingerprint density at radius 1 is 0.881 bits per heavy atom. The molecule has 3 atom stereocenters. The summed E-state index contributed by atoms with van der Waals surface area (Å²) in [7, 11) is 0. The first-order valence-electron chi connectivity index (χ1n) is 13.7. The van der Waals surface area contributed by atoms with E-state index in [9.17, 15) is 14.7 Å². The number of Topliss-reactive ketones (excluding diaryl/α,β-unsaturated/α-hetero) is 1. The molecule has 1 amide bonds. The second-order valence-corrected chi connectivity index (χ2v) is 10.3. The van der Waals surface area contributed by atoms with E-state index in [1.54, 1.807) is 12.1 Å². The van der Waals surface area contributed by atoms with Gasteiger partial charge in [0.25, 0.3) is 0 Å². The molecule has 0 aliphatic rings. The van der Waals surface area contributed by atoms with E-state index in [2.05, 4.69) is 20.3 Å². The number of nitrogens with one attached hydrogen (secondary N) is 1. The van der Waals surface area contributed by atoms with Gasteiger partial charge in [0.05, 0.1) is 6.04 Å². The summed E-state index contributed by atoms with van der Waals surface area (Å²) in [5.41, 5.74) is 36.9. The predicted molar refractivity (Wildman–Crippen MR) is 167 cm³/mol. The first-order valence-corrected chi connectivity index (χ1v) is 13.7. The molecule has 0 heterocycles. The summed E-state index contributed by atoms with van der Waals surface area (Å²) in [5.74, 6) is -1.60. The van der Waals surface area contributed by atoms with Crippen molar-refractivity contribution in [3.8, 4) is 5.75 Å². The highest BCUT2D eigenvalue weighted by Gasteiger charge is 2.28. The zero-order valence-electron chi connectivity index (χ0n) is 24.3. The number of rotatable bonds is 16. The monoisotopic (exact) mass is 580 g/mol. The lowest BCUT2D eigenvalue weighted by Gasteiger charge is -2.21. The molecule has 0 radical (unpaired) electrons. The minimum atomic E-state index is -0.919. The normalized spacial score (nSPS) is 12.8. The number of nitrogens with zero attached hydrogens (tertiary/aromatic N) is 3. The van der Waals surface area contributed by atoms with Gasteiger partial charge in [-0.05, 0) is 67.5 Å². The number of carbonyl (C=O) groups excluding carboxylic acids is 2. The number of benzene rings is 2. The van der Waals surface area contributed by atoms with Crippen LogP contribution in [0.4, 0.5) is 0 Å². The minimum absolute atomic E-state index is 0.0551. The number of ketones is 1. The average molecular weight is 581 g/mol. The second-order valence-electron chi connectivity index (χ2n) is 10.3. The van der Waals surface area contributed by atoms with Crippen LogP contribution in [0, 0.1) is 19.8 Å². The number of amides is 1. The molecule has 0 aliphatic carbocycles. The number of aryl methyl sites for hydroxylation is 2. The van der Waals surface area contributed by atoms with Crippen molar-refractivity contribution in [1.82, 2.24) is 5.32 Å². The van der Waals surface area contributed by atoms with Gasteiger partial charge in [0.1, 0.15) is 11.8 Å². The van der Waals surface area contributed by atoms with Crippen molar-refractivity contribution in [1.29, 1.82) is 0 Å². The molecule has 0 spiro atoms. The van der Waals surface area contributed by atoms with E-state index < -0.39 is 18.0 Å². The molecule has 0 fully saturated rings. The summed E-state index contributed by atoms with van der Waals surface area (Å²) < 4.78 is 0. The SMILES string of the molecule is Cc1cc(O)cc(C)c1C[C@H](N=C(N)N)C(=O)C[C@H](CCCN=C(N)N)C(=O)NC[C@H](Cc1ccccc1)N=C(N)N. The fourth-order valence-electron chi connectivity index (χ4n) is 4.77. The van der Waals surface area contributed by atoms with Gasteiger partial charge in [0, 0.05) is 31.8 Å². The first kappa shape index (κ1) is 33.4. The van der Waals surface area contributed by atoms with E-state index in [4.69, 9.17) is 34.4 Å². The van der Waals surface area contributed by atoms with Gasteiger partial charge in [-0.3, -0.25) is 14.6 Å². The van der Waals surface area contributed by atoms with E-state index >= 15 is 0 Å². The van der Waals surface area contributed by atoms with Gasteiger partial charge in [-0.25, -0.2) is 9.98 Å². The molecule has 2 rings (SSSR count). The van der Waals surface area contributed by atoms with Crippen LogP contribution in [0.1, 0.15) is 41.5 Å². The van der Waals surface area contributed by atoms with E-state index in [0.717, 1.165) is 22.3 Å². The number of hydrogen-bond donors (Lipinski definition) is 8. The molecule has 0 bridgehead atoms. The van der Waals surface area contributed by atoms with Gasteiger partial charge in [-0.1, -0.05) is 30.3 Å². The highest BCUT2D eigenvalue weighted by molar-refractivity contribution is 5.92. The van der Waals surface area contributed by atoms with Gasteiger partial charge < -0.3 is 44.8 Å². The Hall–Kier alpha value is -4.81. The Bertz CT molecular complexity index is 1260. The van der Waals surface area contributed by atoms with Crippen molar-refractivity contribution in [3.05, 3.63) is 64.7 Å². The van der Waals surface area contributed by atoms with Crippen LogP contribution in [0.25, 0.3) is 0 Å². The lowest BCUT2D eigenvalue weighted by molar-refractivity contribution is -0.130. The maximum absolute atomic E-state index is 13.6. The number of carbonyl (C=O) groups is 2. The van der Waals surface area contributed by atoms with Gasteiger partial charge in [0.2, 0.25) is 5.91 Å².